The summed E-state index contributed by atoms with van der Waals surface area (Å²) < 4.78 is 0. The van der Waals surface area contributed by atoms with Gasteiger partial charge >= 0.3 is 0 Å². The molecular formula is C31H25N3O4S. The number of H-pyrrole nitrogens is 1. The number of carbonyl (C=O) groups is 2. The second-order valence-electron chi connectivity index (χ2n) is 9.49. The molecule has 1 amide bonds. The third-order valence-electron chi connectivity index (χ3n) is 7.08. The SMILES string of the molecule is Cc1nc(-c2ccccc2)sc1C(=O)C1=C(O)C(=O)N(CCc2c[nH]c3ccccc23)C1c1ccc(O)cc1. The van der Waals surface area contributed by atoms with Crippen molar-refractivity contribution in [2.24, 2.45) is 0 Å². The number of nitrogens with one attached hydrogen (secondary N) is 1. The molecule has 7 nitrogen and oxygen atoms in total. The number of amides is 1. The maximum absolute atomic E-state index is 14.0. The minimum atomic E-state index is -0.808. The van der Waals surface area contributed by atoms with Gasteiger partial charge in [-0.3, -0.25) is 9.59 Å². The lowest BCUT2D eigenvalue weighted by molar-refractivity contribution is -0.129. The summed E-state index contributed by atoms with van der Waals surface area (Å²) in [6.07, 6.45) is 2.45. The number of thiazole rings is 1. The van der Waals surface area contributed by atoms with Crippen LogP contribution in [0.25, 0.3) is 21.5 Å². The molecule has 0 fully saturated rings. The Morgan fingerprint density at radius 1 is 1.00 bits per heavy atom. The van der Waals surface area contributed by atoms with E-state index >= 15 is 0 Å². The molecule has 194 valence electrons. The Labute approximate surface area is 228 Å². The lowest BCUT2D eigenvalue weighted by Gasteiger charge is -2.27. The van der Waals surface area contributed by atoms with Gasteiger partial charge in [0.2, 0.25) is 5.78 Å². The zero-order chi connectivity index (χ0) is 27.1. The van der Waals surface area contributed by atoms with Crippen LogP contribution in [0.5, 0.6) is 5.75 Å². The summed E-state index contributed by atoms with van der Waals surface area (Å²) in [4.78, 5) is 37.2. The van der Waals surface area contributed by atoms with Crippen LogP contribution in [0, 0.1) is 6.92 Å². The highest BCUT2D eigenvalue weighted by molar-refractivity contribution is 7.17. The lowest BCUT2D eigenvalue weighted by Crippen LogP contribution is -2.33. The van der Waals surface area contributed by atoms with E-state index in [1.54, 1.807) is 19.1 Å². The Hall–Kier alpha value is -4.69. The van der Waals surface area contributed by atoms with E-state index in [0.29, 0.717) is 27.6 Å². The van der Waals surface area contributed by atoms with E-state index in [4.69, 9.17) is 0 Å². The largest absolute Gasteiger partial charge is 0.508 e. The van der Waals surface area contributed by atoms with Gasteiger partial charge < -0.3 is 20.1 Å². The van der Waals surface area contributed by atoms with Gasteiger partial charge in [-0.05, 0) is 42.7 Å². The van der Waals surface area contributed by atoms with E-state index in [2.05, 4.69) is 9.97 Å². The van der Waals surface area contributed by atoms with Crippen LogP contribution in [-0.4, -0.2) is 43.3 Å². The van der Waals surface area contributed by atoms with Crippen molar-refractivity contribution in [3.05, 3.63) is 118 Å². The first-order valence-electron chi connectivity index (χ1n) is 12.6. The molecule has 1 aliphatic heterocycles. The van der Waals surface area contributed by atoms with Crippen LogP contribution in [0.1, 0.15) is 32.5 Å². The number of rotatable bonds is 7. The summed E-state index contributed by atoms with van der Waals surface area (Å²) in [6, 6.07) is 23.1. The quantitative estimate of drug-likeness (QED) is 0.218. The van der Waals surface area contributed by atoms with Crippen molar-refractivity contribution in [1.82, 2.24) is 14.9 Å². The molecule has 0 aliphatic carbocycles. The summed E-state index contributed by atoms with van der Waals surface area (Å²) in [6.45, 7) is 2.04. The topological polar surface area (TPSA) is 107 Å². The number of hydrogen-bond acceptors (Lipinski definition) is 6. The maximum Gasteiger partial charge on any atom is 0.290 e. The van der Waals surface area contributed by atoms with Gasteiger partial charge in [0.25, 0.3) is 5.91 Å². The highest BCUT2D eigenvalue weighted by Gasteiger charge is 2.44. The molecule has 3 heterocycles. The number of carbonyl (C=O) groups excluding carboxylic acids is 2. The summed E-state index contributed by atoms with van der Waals surface area (Å²) >= 11 is 1.24. The Bertz CT molecular complexity index is 1730. The van der Waals surface area contributed by atoms with E-state index in [9.17, 15) is 19.8 Å². The van der Waals surface area contributed by atoms with Gasteiger partial charge in [0.15, 0.2) is 5.76 Å². The van der Waals surface area contributed by atoms with Crippen molar-refractivity contribution in [3.63, 3.8) is 0 Å². The number of Topliss-reactive ketones (excluding diaryl/α,β-unsaturated/α-hetero) is 1. The van der Waals surface area contributed by atoms with Crippen LogP contribution >= 0.6 is 11.3 Å². The van der Waals surface area contributed by atoms with Crippen molar-refractivity contribution in [2.75, 3.05) is 6.54 Å². The van der Waals surface area contributed by atoms with Crippen molar-refractivity contribution in [2.45, 2.75) is 19.4 Å². The van der Waals surface area contributed by atoms with E-state index in [-0.39, 0.29) is 17.9 Å². The average molecular weight is 536 g/mol. The van der Waals surface area contributed by atoms with Gasteiger partial charge in [-0.25, -0.2) is 4.98 Å². The smallest absolute Gasteiger partial charge is 0.290 e. The lowest BCUT2D eigenvalue weighted by atomic mass is 9.94. The van der Waals surface area contributed by atoms with Crippen molar-refractivity contribution < 1.29 is 19.8 Å². The number of phenolic OH excluding ortho intramolecular Hbond substituents is 1. The second-order valence-corrected chi connectivity index (χ2v) is 10.5. The molecular weight excluding hydrogens is 510 g/mol. The molecule has 3 N–H and O–H groups in total. The molecule has 0 saturated heterocycles. The monoisotopic (exact) mass is 535 g/mol. The first kappa shape index (κ1) is 24.6. The minimum Gasteiger partial charge on any atom is -0.508 e. The van der Waals surface area contributed by atoms with Crippen LogP contribution in [0.2, 0.25) is 0 Å². The Kier molecular flexibility index (Phi) is 6.24. The molecule has 1 atom stereocenters. The number of hydrogen-bond donors (Lipinski definition) is 3. The normalized spacial score (nSPS) is 15.5. The molecule has 6 rings (SSSR count). The molecule has 1 aliphatic rings. The van der Waals surface area contributed by atoms with Crippen LogP contribution in [0.3, 0.4) is 0 Å². The van der Waals surface area contributed by atoms with E-state index < -0.39 is 23.5 Å². The molecule has 3 aromatic carbocycles. The number of phenols is 1. The highest BCUT2D eigenvalue weighted by Crippen LogP contribution is 2.41. The van der Waals surface area contributed by atoms with Crippen LogP contribution in [-0.2, 0) is 11.2 Å². The molecule has 8 heteroatoms. The fraction of sp³-hybridized carbons (Fsp3) is 0.129. The zero-order valence-corrected chi connectivity index (χ0v) is 21.9. The number of ketones is 1. The van der Waals surface area contributed by atoms with E-state index in [1.165, 1.54) is 28.4 Å². The highest BCUT2D eigenvalue weighted by atomic mass is 32.1. The van der Waals surface area contributed by atoms with Crippen LogP contribution in [0.4, 0.5) is 0 Å². The number of aliphatic hydroxyl groups excluding tert-OH is 1. The Morgan fingerprint density at radius 2 is 1.72 bits per heavy atom. The number of para-hydroxylation sites is 1. The maximum atomic E-state index is 14.0. The number of fused-ring (bicyclic) bond motifs is 1. The number of aliphatic hydroxyl groups is 1. The molecule has 39 heavy (non-hydrogen) atoms. The number of aromatic nitrogens is 2. The Morgan fingerprint density at radius 3 is 2.49 bits per heavy atom. The van der Waals surface area contributed by atoms with Gasteiger partial charge in [-0.2, -0.15) is 0 Å². The van der Waals surface area contributed by atoms with Gasteiger partial charge in [-0.1, -0.05) is 60.7 Å². The van der Waals surface area contributed by atoms with E-state index in [0.717, 1.165) is 22.0 Å². The van der Waals surface area contributed by atoms with Gasteiger partial charge in [0.05, 0.1) is 22.2 Å². The number of aryl methyl sites for hydroxylation is 1. The van der Waals surface area contributed by atoms with E-state index in [1.807, 2.05) is 60.8 Å². The number of nitrogens with zero attached hydrogens (tertiary/aromatic N) is 2. The van der Waals surface area contributed by atoms with Crippen LogP contribution in [0.15, 0.2) is 96.4 Å². The van der Waals surface area contributed by atoms with Gasteiger partial charge in [0.1, 0.15) is 10.8 Å². The minimum absolute atomic E-state index is 0.0241. The van der Waals surface area contributed by atoms with Crippen molar-refractivity contribution in [3.8, 4) is 16.3 Å². The first-order valence-corrected chi connectivity index (χ1v) is 13.4. The summed E-state index contributed by atoms with van der Waals surface area (Å²) in [5, 5.41) is 22.7. The molecule has 0 bridgehead atoms. The van der Waals surface area contributed by atoms with Gasteiger partial charge in [-0.15, -0.1) is 11.3 Å². The second kappa shape index (κ2) is 9.89. The molecule has 0 saturated carbocycles. The van der Waals surface area contributed by atoms with Crippen molar-refractivity contribution >= 4 is 33.9 Å². The zero-order valence-electron chi connectivity index (χ0n) is 21.1. The predicted molar refractivity (Wildman–Crippen MR) is 151 cm³/mol. The fourth-order valence-corrected chi connectivity index (χ4v) is 6.16. The van der Waals surface area contributed by atoms with Crippen molar-refractivity contribution in [1.29, 1.82) is 0 Å². The number of aromatic hydroxyl groups is 1. The third kappa shape index (κ3) is 4.38. The number of aromatic amines is 1. The van der Waals surface area contributed by atoms with Crippen LogP contribution < -0.4 is 0 Å². The van der Waals surface area contributed by atoms with Gasteiger partial charge in [0, 0.05) is 29.2 Å². The third-order valence-corrected chi connectivity index (χ3v) is 8.28. The summed E-state index contributed by atoms with van der Waals surface area (Å²) in [7, 11) is 0. The Balaban J connectivity index is 1.37. The molecule has 1 unspecified atom stereocenters. The summed E-state index contributed by atoms with van der Waals surface area (Å²) in [5.41, 5.74) is 4.11. The molecule has 0 radical (unpaired) electrons. The fourth-order valence-electron chi connectivity index (χ4n) is 5.13. The molecule has 5 aromatic rings. The molecule has 2 aromatic heterocycles. The predicted octanol–water partition coefficient (Wildman–Crippen LogP) is 6.13. The standard InChI is InChI=1S/C31H25N3O4S/c1-18-29(39-30(33-18)20-7-3-2-4-8-20)27(36)25-26(19-11-13-22(35)14-12-19)34(31(38)28(25)37)16-15-21-17-32-24-10-6-5-9-23(21)24/h2-14,17,26,32,35,37H,15-16H2,1H3. The summed E-state index contributed by atoms with van der Waals surface area (Å²) in [5.74, 6) is -1.50. The average Bonchev–Trinajstić information content (AvgIpc) is 3.62. The molecule has 0 spiro atoms. The number of benzene rings is 3. The first-order chi connectivity index (χ1) is 18.9.